The van der Waals surface area contributed by atoms with Gasteiger partial charge in [0.1, 0.15) is 0 Å². The SMILES string of the molecule is Cc1ccc(C(=O)Nc2ccc(C(=O)N/N=C\c3cccnc3)cc2)cc1. The minimum atomic E-state index is -0.341. The third-order valence-corrected chi connectivity index (χ3v) is 3.78. The molecule has 3 rings (SSSR count). The summed E-state index contributed by atoms with van der Waals surface area (Å²) in [5.41, 5.74) is 5.95. The molecule has 27 heavy (non-hydrogen) atoms. The zero-order valence-electron chi connectivity index (χ0n) is 14.7. The van der Waals surface area contributed by atoms with Gasteiger partial charge in [0.25, 0.3) is 11.8 Å². The van der Waals surface area contributed by atoms with Crippen molar-refractivity contribution in [3.8, 4) is 0 Å². The minimum Gasteiger partial charge on any atom is -0.322 e. The van der Waals surface area contributed by atoms with Gasteiger partial charge in [-0.2, -0.15) is 5.10 Å². The van der Waals surface area contributed by atoms with Crippen LogP contribution in [0.5, 0.6) is 0 Å². The largest absolute Gasteiger partial charge is 0.322 e. The number of carbonyl (C=O) groups excluding carboxylic acids is 2. The number of carbonyl (C=O) groups is 2. The van der Waals surface area contributed by atoms with Gasteiger partial charge in [0.15, 0.2) is 0 Å². The fourth-order valence-electron chi connectivity index (χ4n) is 2.30. The van der Waals surface area contributed by atoms with Gasteiger partial charge in [-0.15, -0.1) is 0 Å². The molecule has 2 N–H and O–H groups in total. The topological polar surface area (TPSA) is 83.5 Å². The Bertz CT molecular complexity index is 950. The lowest BCUT2D eigenvalue weighted by molar-refractivity contribution is 0.0954. The van der Waals surface area contributed by atoms with Crippen LogP contribution in [0.4, 0.5) is 5.69 Å². The predicted molar refractivity (Wildman–Crippen MR) is 105 cm³/mol. The number of amides is 2. The summed E-state index contributed by atoms with van der Waals surface area (Å²) in [4.78, 5) is 28.3. The van der Waals surface area contributed by atoms with E-state index in [0.29, 0.717) is 16.8 Å². The van der Waals surface area contributed by atoms with Crippen molar-refractivity contribution in [2.24, 2.45) is 5.10 Å². The summed E-state index contributed by atoms with van der Waals surface area (Å²) in [5.74, 6) is -0.542. The quantitative estimate of drug-likeness (QED) is 0.541. The summed E-state index contributed by atoms with van der Waals surface area (Å²) in [6, 6.07) is 17.5. The van der Waals surface area contributed by atoms with E-state index < -0.39 is 0 Å². The molecule has 0 aliphatic rings. The summed E-state index contributed by atoms with van der Waals surface area (Å²) >= 11 is 0. The minimum absolute atomic E-state index is 0.201. The Labute approximate surface area is 157 Å². The van der Waals surface area contributed by atoms with Crippen LogP contribution in [-0.4, -0.2) is 23.0 Å². The molecule has 1 heterocycles. The molecule has 0 saturated carbocycles. The molecule has 0 fully saturated rings. The maximum atomic E-state index is 12.2. The van der Waals surface area contributed by atoms with E-state index in [9.17, 15) is 9.59 Å². The van der Waals surface area contributed by atoms with Gasteiger partial charge in [0, 0.05) is 34.8 Å². The summed E-state index contributed by atoms with van der Waals surface area (Å²) < 4.78 is 0. The maximum Gasteiger partial charge on any atom is 0.271 e. The first-order chi connectivity index (χ1) is 13.1. The first kappa shape index (κ1) is 18.0. The van der Waals surface area contributed by atoms with Crippen molar-refractivity contribution in [3.63, 3.8) is 0 Å². The molecule has 2 amide bonds. The highest BCUT2D eigenvalue weighted by Gasteiger charge is 2.07. The third kappa shape index (κ3) is 5.09. The molecule has 0 saturated heterocycles. The molecule has 0 unspecified atom stereocenters. The molecule has 0 aliphatic carbocycles. The predicted octanol–water partition coefficient (Wildman–Crippen LogP) is 3.41. The van der Waals surface area contributed by atoms with E-state index in [2.05, 4.69) is 20.8 Å². The summed E-state index contributed by atoms with van der Waals surface area (Å²) in [6.45, 7) is 1.96. The number of hydrazone groups is 1. The van der Waals surface area contributed by atoms with Crippen LogP contribution in [-0.2, 0) is 0 Å². The summed E-state index contributed by atoms with van der Waals surface area (Å²) in [6.07, 6.45) is 4.82. The number of rotatable bonds is 5. The lowest BCUT2D eigenvalue weighted by atomic mass is 10.1. The molecule has 0 aliphatic heterocycles. The van der Waals surface area contributed by atoms with Crippen molar-refractivity contribution < 1.29 is 9.59 Å². The van der Waals surface area contributed by atoms with Crippen molar-refractivity contribution in [2.45, 2.75) is 6.92 Å². The van der Waals surface area contributed by atoms with Gasteiger partial charge in [-0.3, -0.25) is 14.6 Å². The molecular formula is C21H18N4O2. The molecule has 134 valence electrons. The molecule has 0 bridgehead atoms. The van der Waals surface area contributed by atoms with Gasteiger partial charge in [0.05, 0.1) is 6.21 Å². The molecule has 0 atom stereocenters. The van der Waals surface area contributed by atoms with Crippen LogP contribution in [0.1, 0.15) is 31.8 Å². The van der Waals surface area contributed by atoms with Crippen LogP contribution in [0.25, 0.3) is 0 Å². The van der Waals surface area contributed by atoms with Crippen LogP contribution < -0.4 is 10.7 Å². The number of anilines is 1. The van der Waals surface area contributed by atoms with Crippen molar-refractivity contribution >= 4 is 23.7 Å². The van der Waals surface area contributed by atoms with Gasteiger partial charge < -0.3 is 5.32 Å². The number of benzene rings is 2. The summed E-state index contributed by atoms with van der Waals surface area (Å²) in [5, 5.41) is 6.70. The molecule has 2 aromatic carbocycles. The lowest BCUT2D eigenvalue weighted by Gasteiger charge is -2.06. The van der Waals surface area contributed by atoms with Gasteiger partial charge in [-0.05, 0) is 49.4 Å². The fourth-order valence-corrected chi connectivity index (χ4v) is 2.30. The number of aryl methyl sites for hydroxylation is 1. The molecule has 6 nitrogen and oxygen atoms in total. The standard InChI is InChI=1S/C21H18N4O2/c1-15-4-6-17(7-5-15)20(26)24-19-10-8-18(9-11-19)21(27)25-23-14-16-3-2-12-22-13-16/h2-14H,1H3,(H,24,26)(H,25,27)/b23-14-. The van der Waals surface area contributed by atoms with E-state index in [1.807, 2.05) is 25.1 Å². The number of nitrogens with one attached hydrogen (secondary N) is 2. The van der Waals surface area contributed by atoms with E-state index in [4.69, 9.17) is 0 Å². The number of hydrogen-bond donors (Lipinski definition) is 2. The van der Waals surface area contributed by atoms with E-state index in [1.165, 1.54) is 6.21 Å². The Morgan fingerprint density at radius 2 is 1.59 bits per heavy atom. The second-order valence-electron chi connectivity index (χ2n) is 5.88. The second-order valence-corrected chi connectivity index (χ2v) is 5.88. The highest BCUT2D eigenvalue weighted by Crippen LogP contribution is 2.12. The Balaban J connectivity index is 1.57. The van der Waals surface area contributed by atoms with Crippen molar-refractivity contribution in [2.75, 3.05) is 5.32 Å². The molecule has 0 spiro atoms. The van der Waals surface area contributed by atoms with E-state index in [-0.39, 0.29) is 11.8 Å². The average molecular weight is 358 g/mol. The van der Waals surface area contributed by atoms with Gasteiger partial charge >= 0.3 is 0 Å². The van der Waals surface area contributed by atoms with E-state index >= 15 is 0 Å². The lowest BCUT2D eigenvalue weighted by Crippen LogP contribution is -2.17. The van der Waals surface area contributed by atoms with E-state index in [1.54, 1.807) is 54.9 Å². The van der Waals surface area contributed by atoms with Crippen LogP contribution >= 0.6 is 0 Å². The van der Waals surface area contributed by atoms with Gasteiger partial charge in [-0.25, -0.2) is 5.43 Å². The monoisotopic (exact) mass is 358 g/mol. The van der Waals surface area contributed by atoms with Crippen molar-refractivity contribution in [1.29, 1.82) is 0 Å². The normalized spacial score (nSPS) is 10.6. The number of nitrogens with zero attached hydrogens (tertiary/aromatic N) is 2. The Kier molecular flexibility index (Phi) is 5.69. The first-order valence-corrected chi connectivity index (χ1v) is 8.33. The van der Waals surface area contributed by atoms with Gasteiger partial charge in [-0.1, -0.05) is 23.8 Å². The maximum absolute atomic E-state index is 12.2. The van der Waals surface area contributed by atoms with E-state index in [0.717, 1.165) is 11.1 Å². The smallest absolute Gasteiger partial charge is 0.271 e. The molecule has 1 aromatic heterocycles. The number of pyridine rings is 1. The second kappa shape index (κ2) is 8.53. The van der Waals surface area contributed by atoms with Crippen LogP contribution in [0, 0.1) is 6.92 Å². The number of aromatic nitrogens is 1. The Morgan fingerprint density at radius 1 is 0.926 bits per heavy atom. The van der Waals surface area contributed by atoms with Crippen LogP contribution in [0.3, 0.4) is 0 Å². The highest BCUT2D eigenvalue weighted by molar-refractivity contribution is 6.04. The molecular weight excluding hydrogens is 340 g/mol. The third-order valence-electron chi connectivity index (χ3n) is 3.78. The molecule has 0 radical (unpaired) electrons. The first-order valence-electron chi connectivity index (χ1n) is 8.33. The molecule has 3 aromatic rings. The fraction of sp³-hybridized carbons (Fsp3) is 0.0476. The molecule has 6 heteroatoms. The highest BCUT2D eigenvalue weighted by atomic mass is 16.2. The Morgan fingerprint density at radius 3 is 2.26 bits per heavy atom. The average Bonchev–Trinajstić information content (AvgIpc) is 2.70. The summed E-state index contributed by atoms with van der Waals surface area (Å²) in [7, 11) is 0. The van der Waals surface area contributed by atoms with Crippen LogP contribution in [0.15, 0.2) is 78.2 Å². The zero-order chi connectivity index (χ0) is 19.1. The van der Waals surface area contributed by atoms with Crippen molar-refractivity contribution in [3.05, 3.63) is 95.3 Å². The Hall–Kier alpha value is -3.80. The van der Waals surface area contributed by atoms with Crippen LogP contribution in [0.2, 0.25) is 0 Å². The van der Waals surface area contributed by atoms with Gasteiger partial charge in [0.2, 0.25) is 0 Å². The number of hydrogen-bond acceptors (Lipinski definition) is 4. The zero-order valence-corrected chi connectivity index (χ0v) is 14.7. The van der Waals surface area contributed by atoms with Crippen molar-refractivity contribution in [1.82, 2.24) is 10.4 Å².